The number of rotatable bonds is 8. The lowest BCUT2D eigenvalue weighted by atomic mass is 9.85. The van der Waals surface area contributed by atoms with E-state index in [2.05, 4.69) is 20.6 Å². The molecule has 10 heteroatoms. The minimum Gasteiger partial charge on any atom is -0.390 e. The van der Waals surface area contributed by atoms with Crippen molar-refractivity contribution in [1.29, 1.82) is 0 Å². The van der Waals surface area contributed by atoms with Crippen molar-refractivity contribution in [1.82, 2.24) is 15.3 Å². The molecular formula is C24H30ClFN4O4. The molecule has 2 aromatic rings. The average Bonchev–Trinajstić information content (AvgIpc) is 3.26. The van der Waals surface area contributed by atoms with Crippen LogP contribution in [0.5, 0.6) is 0 Å². The van der Waals surface area contributed by atoms with E-state index in [0.29, 0.717) is 36.9 Å². The zero-order valence-electron chi connectivity index (χ0n) is 19.5. The number of amides is 2. The number of halogens is 2. The first-order valence-electron chi connectivity index (χ1n) is 11.3. The lowest BCUT2D eigenvalue weighted by molar-refractivity contribution is -0.120. The Morgan fingerprint density at radius 2 is 1.91 bits per heavy atom. The zero-order valence-corrected chi connectivity index (χ0v) is 20.3. The largest absolute Gasteiger partial charge is 0.390 e. The number of nitrogens with one attached hydrogen (secondary N) is 3. The van der Waals surface area contributed by atoms with E-state index in [1.165, 1.54) is 18.5 Å². The van der Waals surface area contributed by atoms with Gasteiger partial charge in [-0.2, -0.15) is 0 Å². The van der Waals surface area contributed by atoms with E-state index in [4.69, 9.17) is 11.6 Å². The Morgan fingerprint density at radius 3 is 2.56 bits per heavy atom. The molecule has 2 amide bonds. The molecule has 1 saturated carbocycles. The number of hydrogen-bond donors (Lipinski definition) is 4. The molecule has 1 fully saturated rings. The first kappa shape index (κ1) is 25.8. The van der Waals surface area contributed by atoms with Crippen LogP contribution in [0, 0.1) is 18.7 Å². The number of ketones is 1. The number of benzene rings is 1. The summed E-state index contributed by atoms with van der Waals surface area (Å²) in [6.45, 7) is 4.83. The predicted octanol–water partition coefficient (Wildman–Crippen LogP) is 4.17. The van der Waals surface area contributed by atoms with Crippen LogP contribution in [0.15, 0.2) is 18.5 Å². The molecule has 184 valence electrons. The summed E-state index contributed by atoms with van der Waals surface area (Å²) in [4.78, 5) is 44.6. The topological polar surface area (TPSA) is 124 Å². The molecule has 4 N–H and O–H groups in total. The van der Waals surface area contributed by atoms with E-state index in [9.17, 15) is 23.9 Å². The van der Waals surface area contributed by atoms with Crippen molar-refractivity contribution < 1.29 is 23.9 Å². The number of hydrogen-bond acceptors (Lipinski definition) is 5. The van der Waals surface area contributed by atoms with Gasteiger partial charge in [-0.1, -0.05) is 11.6 Å². The van der Waals surface area contributed by atoms with Gasteiger partial charge in [0.1, 0.15) is 17.2 Å². The van der Waals surface area contributed by atoms with Crippen LogP contribution < -0.4 is 10.6 Å². The summed E-state index contributed by atoms with van der Waals surface area (Å²) in [7, 11) is 0. The van der Waals surface area contributed by atoms with Gasteiger partial charge in [-0.15, -0.1) is 0 Å². The molecule has 0 bridgehead atoms. The number of imidazole rings is 1. The summed E-state index contributed by atoms with van der Waals surface area (Å²) in [6.07, 6.45) is 3.95. The number of aryl methyl sites for hydroxylation is 1. The summed E-state index contributed by atoms with van der Waals surface area (Å²) in [5.74, 6) is -1.61. The van der Waals surface area contributed by atoms with Gasteiger partial charge in [0.05, 0.1) is 22.6 Å². The Morgan fingerprint density at radius 1 is 1.24 bits per heavy atom. The molecule has 1 aliphatic rings. The third kappa shape index (κ3) is 6.64. The minimum atomic E-state index is -0.986. The lowest BCUT2D eigenvalue weighted by Gasteiger charge is -2.28. The Balaban J connectivity index is 1.52. The second kappa shape index (κ2) is 10.7. The molecule has 1 aromatic carbocycles. The first-order valence-corrected chi connectivity index (χ1v) is 11.7. The molecule has 0 unspecified atom stereocenters. The number of aromatic amines is 1. The van der Waals surface area contributed by atoms with Gasteiger partial charge in [0.25, 0.3) is 5.91 Å². The second-order valence-electron chi connectivity index (χ2n) is 9.45. The van der Waals surface area contributed by atoms with E-state index >= 15 is 0 Å². The van der Waals surface area contributed by atoms with Crippen LogP contribution >= 0.6 is 11.6 Å². The van der Waals surface area contributed by atoms with E-state index in [-0.39, 0.29) is 52.9 Å². The molecular weight excluding hydrogens is 463 g/mol. The van der Waals surface area contributed by atoms with Gasteiger partial charge < -0.3 is 20.7 Å². The molecule has 1 aromatic heterocycles. The van der Waals surface area contributed by atoms with Crippen LogP contribution in [0.3, 0.4) is 0 Å². The molecule has 0 aliphatic heterocycles. The lowest BCUT2D eigenvalue weighted by Crippen LogP contribution is -2.40. The van der Waals surface area contributed by atoms with Crippen molar-refractivity contribution in [3.8, 4) is 0 Å². The highest BCUT2D eigenvalue weighted by molar-refractivity contribution is 6.33. The number of nitrogens with zero attached hydrogens (tertiary/aromatic N) is 1. The first-order chi connectivity index (χ1) is 15.9. The number of aromatic nitrogens is 2. The summed E-state index contributed by atoms with van der Waals surface area (Å²) >= 11 is 6.04. The summed E-state index contributed by atoms with van der Waals surface area (Å²) in [5.41, 5.74) is -0.0618. The number of carbonyl (C=O) groups is 3. The number of H-pyrrole nitrogens is 1. The van der Waals surface area contributed by atoms with Gasteiger partial charge in [-0.05, 0) is 70.6 Å². The van der Waals surface area contributed by atoms with Crippen LogP contribution in [0.4, 0.5) is 10.1 Å². The average molecular weight is 493 g/mol. The smallest absolute Gasteiger partial charge is 0.270 e. The fourth-order valence-electron chi connectivity index (χ4n) is 3.96. The number of carbonyl (C=O) groups excluding carboxylic acids is 3. The molecule has 0 saturated heterocycles. The standard InChI is InChI=1S/C24H30ClFN4O4/c1-13-10-18(16(25)11-17(13)26)30-22(32)14-4-6-15(7-5-14)29-23(33)21-20(27-12-28-21)19(31)8-9-24(2,3)34/h10-12,14-15,34H,4-9H2,1-3H3,(H,27,28)(H,29,33)(H,30,32). The molecule has 1 aliphatic carbocycles. The normalized spacial score (nSPS) is 18.4. The van der Waals surface area contributed by atoms with Gasteiger partial charge in [0.2, 0.25) is 5.91 Å². The van der Waals surface area contributed by atoms with Crippen LogP contribution in [0.25, 0.3) is 0 Å². The van der Waals surface area contributed by atoms with Gasteiger partial charge in [-0.25, -0.2) is 9.37 Å². The third-order valence-electron chi connectivity index (χ3n) is 6.03. The van der Waals surface area contributed by atoms with Crippen LogP contribution in [-0.2, 0) is 4.79 Å². The molecule has 3 rings (SSSR count). The molecule has 8 nitrogen and oxygen atoms in total. The highest BCUT2D eigenvalue weighted by Crippen LogP contribution is 2.29. The van der Waals surface area contributed by atoms with Crippen molar-refractivity contribution in [2.75, 3.05) is 5.32 Å². The van der Waals surface area contributed by atoms with Crippen molar-refractivity contribution in [2.45, 2.75) is 70.9 Å². The predicted molar refractivity (Wildman–Crippen MR) is 126 cm³/mol. The Kier molecular flexibility index (Phi) is 8.09. The number of anilines is 1. The van der Waals surface area contributed by atoms with E-state index < -0.39 is 17.3 Å². The van der Waals surface area contributed by atoms with Crippen molar-refractivity contribution in [3.63, 3.8) is 0 Å². The van der Waals surface area contributed by atoms with Crippen molar-refractivity contribution >= 4 is 34.9 Å². The van der Waals surface area contributed by atoms with Crippen molar-refractivity contribution in [2.24, 2.45) is 5.92 Å². The van der Waals surface area contributed by atoms with Crippen LogP contribution in [-0.4, -0.2) is 44.3 Å². The molecule has 0 radical (unpaired) electrons. The SMILES string of the molecule is Cc1cc(NC(=O)C2CCC(NC(=O)c3[nH]cnc3C(=O)CCC(C)(C)O)CC2)c(Cl)cc1F. The summed E-state index contributed by atoms with van der Waals surface area (Å²) in [6, 6.07) is 2.54. The maximum Gasteiger partial charge on any atom is 0.270 e. The second-order valence-corrected chi connectivity index (χ2v) is 9.86. The maximum atomic E-state index is 13.6. The van der Waals surface area contributed by atoms with Crippen LogP contribution in [0.2, 0.25) is 5.02 Å². The fourth-order valence-corrected chi connectivity index (χ4v) is 4.16. The number of Topliss-reactive ketones (excluding diaryl/α,β-unsaturated/α-hetero) is 1. The highest BCUT2D eigenvalue weighted by Gasteiger charge is 2.29. The minimum absolute atomic E-state index is 0.0567. The van der Waals surface area contributed by atoms with E-state index in [1.54, 1.807) is 20.8 Å². The molecule has 0 atom stereocenters. The van der Waals surface area contributed by atoms with E-state index in [1.807, 2.05) is 0 Å². The maximum absolute atomic E-state index is 13.6. The Labute approximate surface area is 202 Å². The molecule has 1 heterocycles. The Bertz CT molecular complexity index is 1070. The quantitative estimate of drug-likeness (QED) is 0.412. The monoisotopic (exact) mass is 492 g/mol. The Hall–Kier alpha value is -2.78. The highest BCUT2D eigenvalue weighted by atomic mass is 35.5. The molecule has 34 heavy (non-hydrogen) atoms. The fraction of sp³-hybridized carbons (Fsp3) is 0.500. The third-order valence-corrected chi connectivity index (χ3v) is 6.35. The van der Waals surface area contributed by atoms with E-state index in [0.717, 1.165) is 0 Å². The van der Waals surface area contributed by atoms with Gasteiger partial charge >= 0.3 is 0 Å². The molecule has 0 spiro atoms. The number of aliphatic hydroxyl groups is 1. The van der Waals surface area contributed by atoms with Gasteiger partial charge in [-0.3, -0.25) is 14.4 Å². The van der Waals surface area contributed by atoms with Gasteiger partial charge in [0, 0.05) is 18.4 Å². The zero-order chi connectivity index (χ0) is 25.0. The summed E-state index contributed by atoms with van der Waals surface area (Å²) in [5, 5.41) is 15.7. The van der Waals surface area contributed by atoms with Crippen molar-refractivity contribution in [3.05, 3.63) is 46.3 Å². The van der Waals surface area contributed by atoms with Crippen LogP contribution in [0.1, 0.15) is 78.9 Å². The van der Waals surface area contributed by atoms with Gasteiger partial charge in [0.15, 0.2) is 5.78 Å². The summed E-state index contributed by atoms with van der Waals surface area (Å²) < 4.78 is 13.6.